The van der Waals surface area contributed by atoms with Crippen LogP contribution in [0, 0.1) is 30.5 Å². The smallest absolute Gasteiger partial charge is 0.231 e. The number of fused-ring (bicyclic) bond motifs is 1. The van der Waals surface area contributed by atoms with Gasteiger partial charge in [0.05, 0.1) is 23.6 Å². The fourth-order valence-electron chi connectivity index (χ4n) is 4.48. The summed E-state index contributed by atoms with van der Waals surface area (Å²) in [5.74, 6) is -0.0958. The van der Waals surface area contributed by atoms with E-state index in [1.54, 1.807) is 19.2 Å². The molecule has 8 nitrogen and oxygen atoms in total. The van der Waals surface area contributed by atoms with Crippen molar-refractivity contribution in [3.8, 4) is 18.6 Å². The lowest BCUT2D eigenvalue weighted by atomic mass is 9.89. The van der Waals surface area contributed by atoms with Crippen molar-refractivity contribution < 1.29 is 23.5 Å². The van der Waals surface area contributed by atoms with Crippen molar-refractivity contribution in [1.82, 2.24) is 10.2 Å². The summed E-state index contributed by atoms with van der Waals surface area (Å²) < 4.78 is 24.9. The van der Waals surface area contributed by atoms with Crippen LogP contribution in [0.2, 0.25) is 0 Å². The summed E-state index contributed by atoms with van der Waals surface area (Å²) in [6, 6.07) is 4.26. The van der Waals surface area contributed by atoms with Crippen LogP contribution in [0.4, 0.5) is 4.39 Å². The van der Waals surface area contributed by atoms with Gasteiger partial charge in [0.1, 0.15) is 17.2 Å². The van der Waals surface area contributed by atoms with Crippen LogP contribution in [0.25, 0.3) is 0 Å². The SMILES string of the molecule is C#C.CC.CC1(C)CC(=O)N(C[C@H]2CC2C(=O)N[C@H]2CC(C)(C)Oc3cccc(F)c32)C(N)=N1.CCOC. The van der Waals surface area contributed by atoms with Gasteiger partial charge in [-0.05, 0) is 59.1 Å². The molecule has 9 heteroatoms. The first-order chi connectivity index (χ1) is 17.9. The molecular formula is C29H45FN4O4. The highest BCUT2D eigenvalue weighted by Gasteiger charge is 2.47. The van der Waals surface area contributed by atoms with Crippen LogP contribution >= 0.6 is 0 Å². The van der Waals surface area contributed by atoms with Crippen molar-refractivity contribution in [2.75, 3.05) is 20.3 Å². The van der Waals surface area contributed by atoms with E-state index in [1.165, 1.54) is 11.0 Å². The van der Waals surface area contributed by atoms with E-state index in [9.17, 15) is 14.0 Å². The van der Waals surface area contributed by atoms with Crippen molar-refractivity contribution in [3.63, 3.8) is 0 Å². The maximum atomic E-state index is 14.5. The molecule has 3 atom stereocenters. The van der Waals surface area contributed by atoms with E-state index >= 15 is 0 Å². The van der Waals surface area contributed by atoms with Crippen LogP contribution < -0.4 is 15.8 Å². The fraction of sp³-hybridized carbons (Fsp3) is 0.621. The molecule has 2 amide bonds. The molecule has 0 aromatic heterocycles. The van der Waals surface area contributed by atoms with E-state index < -0.39 is 17.2 Å². The molecule has 38 heavy (non-hydrogen) atoms. The average molecular weight is 533 g/mol. The number of amides is 2. The predicted molar refractivity (Wildman–Crippen MR) is 149 cm³/mol. The van der Waals surface area contributed by atoms with Crippen molar-refractivity contribution >= 4 is 17.8 Å². The lowest BCUT2D eigenvalue weighted by Crippen LogP contribution is -2.50. The second kappa shape index (κ2) is 14.1. The Kier molecular flexibility index (Phi) is 12.3. The van der Waals surface area contributed by atoms with Crippen LogP contribution in [-0.4, -0.2) is 54.1 Å². The minimum Gasteiger partial charge on any atom is -0.487 e. The quantitative estimate of drug-likeness (QED) is 0.546. The molecule has 3 aliphatic rings. The Morgan fingerprint density at radius 1 is 1.29 bits per heavy atom. The summed E-state index contributed by atoms with van der Waals surface area (Å²) in [6.45, 7) is 14.7. The largest absolute Gasteiger partial charge is 0.487 e. The van der Waals surface area contributed by atoms with Gasteiger partial charge in [-0.15, -0.1) is 12.8 Å². The van der Waals surface area contributed by atoms with Gasteiger partial charge in [0, 0.05) is 32.6 Å². The third kappa shape index (κ3) is 8.73. The Balaban J connectivity index is 0.000000811. The van der Waals surface area contributed by atoms with Crippen LogP contribution in [0.15, 0.2) is 23.2 Å². The van der Waals surface area contributed by atoms with Crippen molar-refractivity contribution in [2.45, 2.75) is 84.9 Å². The van der Waals surface area contributed by atoms with Gasteiger partial charge in [-0.2, -0.15) is 0 Å². The standard InChI is InChI=1S/C22H29FN4O3.C3H8O.C2H6.C2H2/c1-21(2)10-17(28)27(20(24)26-21)11-12-8-13(12)19(29)25-15-9-22(3,4)30-16-7-5-6-14(23)18(15)16;1-3-4-2;2*1-2/h5-7,12-13,15H,8-11H2,1-4H3,(H2,24,26)(H,25,29);3H2,1-2H3;1-2H3;1-2H/t12-,13?,15+;;;/m1.../s1. The number of hydrogen-bond acceptors (Lipinski definition) is 6. The van der Waals surface area contributed by atoms with Gasteiger partial charge in [-0.25, -0.2) is 9.38 Å². The van der Waals surface area contributed by atoms with Gasteiger partial charge in [0.25, 0.3) is 0 Å². The first-order valence-electron chi connectivity index (χ1n) is 13.1. The number of nitrogens with one attached hydrogen (secondary N) is 1. The molecule has 4 rings (SSSR count). The number of terminal acetylenes is 1. The van der Waals surface area contributed by atoms with E-state index in [-0.39, 0.29) is 35.4 Å². The molecule has 1 saturated carbocycles. The Bertz CT molecular complexity index is 1000. The lowest BCUT2D eigenvalue weighted by molar-refractivity contribution is -0.130. The highest BCUT2D eigenvalue weighted by atomic mass is 19.1. The molecule has 1 aromatic rings. The van der Waals surface area contributed by atoms with Gasteiger partial charge in [-0.3, -0.25) is 14.5 Å². The predicted octanol–water partition coefficient (Wildman–Crippen LogP) is 4.43. The summed E-state index contributed by atoms with van der Waals surface area (Å²) >= 11 is 0. The molecule has 1 aliphatic carbocycles. The number of nitrogens with two attached hydrogens (primary N) is 1. The number of methoxy groups -OCH3 is 1. The number of guanidine groups is 1. The number of nitrogens with zero attached hydrogens (tertiary/aromatic N) is 2. The minimum absolute atomic E-state index is 0.0249. The third-order valence-corrected chi connectivity index (χ3v) is 6.30. The zero-order valence-electron chi connectivity index (χ0n) is 24.1. The number of benzene rings is 1. The van der Waals surface area contributed by atoms with E-state index in [2.05, 4.69) is 27.9 Å². The molecule has 0 saturated heterocycles. The number of hydrogen-bond donors (Lipinski definition) is 2. The van der Waals surface area contributed by atoms with Gasteiger partial charge in [0.15, 0.2) is 5.96 Å². The number of rotatable bonds is 5. The molecule has 1 fully saturated rings. The normalized spacial score (nSPS) is 23.8. The maximum Gasteiger partial charge on any atom is 0.231 e. The summed E-state index contributed by atoms with van der Waals surface area (Å²) in [6.07, 6.45) is 9.44. The number of ether oxygens (including phenoxy) is 2. The van der Waals surface area contributed by atoms with Gasteiger partial charge in [0.2, 0.25) is 11.8 Å². The molecule has 1 aromatic carbocycles. The van der Waals surface area contributed by atoms with E-state index in [4.69, 9.17) is 10.5 Å². The van der Waals surface area contributed by atoms with Crippen LogP contribution in [0.1, 0.15) is 79.3 Å². The monoisotopic (exact) mass is 532 g/mol. The minimum atomic E-state index is -0.514. The second-order valence-electron chi connectivity index (χ2n) is 10.4. The first-order valence-corrected chi connectivity index (χ1v) is 13.1. The summed E-state index contributed by atoms with van der Waals surface area (Å²) in [5, 5.41) is 3.01. The Labute approximate surface area is 227 Å². The summed E-state index contributed by atoms with van der Waals surface area (Å²) in [4.78, 5) is 31.2. The number of carbonyl (C=O) groups excluding carboxylic acids is 2. The Morgan fingerprint density at radius 2 is 1.89 bits per heavy atom. The summed E-state index contributed by atoms with van der Waals surface area (Å²) in [7, 11) is 1.68. The Morgan fingerprint density at radius 3 is 2.45 bits per heavy atom. The molecule has 212 valence electrons. The zero-order valence-corrected chi connectivity index (χ0v) is 24.1. The Hall–Kier alpha value is -3.12. The third-order valence-electron chi connectivity index (χ3n) is 6.30. The highest BCUT2D eigenvalue weighted by Crippen LogP contribution is 2.44. The number of carbonyl (C=O) groups is 2. The van der Waals surface area contributed by atoms with Gasteiger partial charge < -0.3 is 20.5 Å². The molecule has 0 bridgehead atoms. The zero-order chi connectivity index (χ0) is 29.3. The fourth-order valence-corrected chi connectivity index (χ4v) is 4.48. The van der Waals surface area contributed by atoms with Crippen LogP contribution in [0.5, 0.6) is 5.75 Å². The van der Waals surface area contributed by atoms with Crippen molar-refractivity contribution in [3.05, 3.63) is 29.6 Å². The molecule has 2 aliphatic heterocycles. The van der Waals surface area contributed by atoms with Gasteiger partial charge >= 0.3 is 0 Å². The topological polar surface area (TPSA) is 106 Å². The molecule has 0 radical (unpaired) electrons. The molecular weight excluding hydrogens is 487 g/mol. The number of halogens is 1. The lowest BCUT2D eigenvalue weighted by Gasteiger charge is -2.38. The molecule has 0 spiro atoms. The van der Waals surface area contributed by atoms with Gasteiger partial charge in [-0.1, -0.05) is 19.9 Å². The highest BCUT2D eigenvalue weighted by molar-refractivity contribution is 5.99. The molecule has 3 N–H and O–H groups in total. The molecule has 2 heterocycles. The van der Waals surface area contributed by atoms with Crippen LogP contribution in [0.3, 0.4) is 0 Å². The maximum absolute atomic E-state index is 14.5. The van der Waals surface area contributed by atoms with Crippen molar-refractivity contribution in [2.24, 2.45) is 22.6 Å². The summed E-state index contributed by atoms with van der Waals surface area (Å²) in [5.41, 5.74) is 5.38. The number of aliphatic imine (C=N–C) groups is 1. The second-order valence-corrected chi connectivity index (χ2v) is 10.4. The van der Waals surface area contributed by atoms with Crippen molar-refractivity contribution in [1.29, 1.82) is 0 Å². The van der Waals surface area contributed by atoms with E-state index in [1.807, 2.05) is 48.5 Å². The van der Waals surface area contributed by atoms with E-state index in [0.717, 1.165) is 6.61 Å². The molecule has 1 unspecified atom stereocenters. The van der Waals surface area contributed by atoms with E-state index in [0.29, 0.717) is 37.1 Å². The first kappa shape index (κ1) is 32.9. The van der Waals surface area contributed by atoms with Crippen LogP contribution in [-0.2, 0) is 14.3 Å². The average Bonchev–Trinajstić information content (AvgIpc) is 3.62.